The second-order valence-electron chi connectivity index (χ2n) is 5.24. The first-order chi connectivity index (χ1) is 10.7. The summed E-state index contributed by atoms with van der Waals surface area (Å²) in [6.07, 6.45) is 4.07. The highest BCUT2D eigenvalue weighted by Gasteiger charge is 2.23. The van der Waals surface area contributed by atoms with Crippen molar-refractivity contribution >= 4 is 32.9 Å². The summed E-state index contributed by atoms with van der Waals surface area (Å²) in [6, 6.07) is 5.75. The molecule has 0 atom stereocenters. The van der Waals surface area contributed by atoms with E-state index < -0.39 is 0 Å². The van der Waals surface area contributed by atoms with E-state index in [1.54, 1.807) is 18.5 Å². The number of hydrogen-bond acceptors (Lipinski definition) is 4. The van der Waals surface area contributed by atoms with Crippen LogP contribution in [0, 0.1) is 0 Å². The van der Waals surface area contributed by atoms with Gasteiger partial charge in [-0.15, -0.1) is 0 Å². The van der Waals surface area contributed by atoms with Crippen molar-refractivity contribution in [3.8, 4) is 0 Å². The van der Waals surface area contributed by atoms with Crippen molar-refractivity contribution in [2.24, 2.45) is 0 Å². The number of hydrogen-bond donors (Lipinski definition) is 1. The average molecular weight is 358 g/mol. The molecule has 1 aliphatic heterocycles. The third kappa shape index (κ3) is 2.27. The standard InChI is InChI=1S/C15H12BrN5O/c16-11-6-9-5-10-8-21(15(22)13-1-3-18-20-13)4-2-12(10)19-14(9)17-7-11/h1,3,5-7H,2,4,8H2,(H,18,20). The predicted octanol–water partition coefficient (Wildman–Crippen LogP) is 2.31. The normalized spacial score (nSPS) is 14.1. The van der Waals surface area contributed by atoms with Crippen LogP contribution in [0.4, 0.5) is 0 Å². The lowest BCUT2D eigenvalue weighted by Gasteiger charge is -2.28. The van der Waals surface area contributed by atoms with E-state index in [0.717, 1.165) is 33.2 Å². The molecule has 0 aromatic carbocycles. The summed E-state index contributed by atoms with van der Waals surface area (Å²) < 4.78 is 0.919. The second kappa shape index (κ2) is 5.17. The molecule has 110 valence electrons. The molecule has 3 aromatic heterocycles. The van der Waals surface area contributed by atoms with Crippen LogP contribution in [-0.4, -0.2) is 37.5 Å². The lowest BCUT2D eigenvalue weighted by molar-refractivity contribution is 0.0727. The topological polar surface area (TPSA) is 74.8 Å². The molecule has 0 fully saturated rings. The highest BCUT2D eigenvalue weighted by molar-refractivity contribution is 9.10. The molecule has 4 heterocycles. The van der Waals surface area contributed by atoms with Crippen LogP contribution in [0.3, 0.4) is 0 Å². The maximum atomic E-state index is 12.4. The van der Waals surface area contributed by atoms with Crippen molar-refractivity contribution in [2.75, 3.05) is 6.54 Å². The Morgan fingerprint density at radius 3 is 3.09 bits per heavy atom. The zero-order valence-corrected chi connectivity index (χ0v) is 13.2. The summed E-state index contributed by atoms with van der Waals surface area (Å²) in [7, 11) is 0. The number of carbonyl (C=O) groups excluding carboxylic acids is 1. The first-order valence-corrected chi connectivity index (χ1v) is 7.73. The molecule has 4 rings (SSSR count). The highest BCUT2D eigenvalue weighted by atomic mass is 79.9. The molecule has 1 amide bonds. The van der Waals surface area contributed by atoms with E-state index in [0.29, 0.717) is 18.8 Å². The number of rotatable bonds is 1. The van der Waals surface area contributed by atoms with Crippen LogP contribution in [0.1, 0.15) is 21.7 Å². The Bertz CT molecular complexity index is 862. The number of carbonyl (C=O) groups is 1. The van der Waals surface area contributed by atoms with Crippen molar-refractivity contribution < 1.29 is 4.79 Å². The summed E-state index contributed by atoms with van der Waals surface area (Å²) in [6.45, 7) is 1.21. The van der Waals surface area contributed by atoms with E-state index in [1.165, 1.54) is 0 Å². The Hall–Kier alpha value is -2.28. The Morgan fingerprint density at radius 1 is 1.36 bits per heavy atom. The number of aromatic nitrogens is 4. The van der Waals surface area contributed by atoms with E-state index in [4.69, 9.17) is 0 Å². The van der Waals surface area contributed by atoms with Gasteiger partial charge in [0, 0.05) is 47.5 Å². The molecule has 0 aliphatic carbocycles. The summed E-state index contributed by atoms with van der Waals surface area (Å²) in [5, 5.41) is 7.53. The molecule has 0 spiro atoms. The van der Waals surface area contributed by atoms with Crippen LogP contribution in [0.2, 0.25) is 0 Å². The van der Waals surface area contributed by atoms with Crippen LogP contribution in [-0.2, 0) is 13.0 Å². The molecule has 1 aliphatic rings. The highest BCUT2D eigenvalue weighted by Crippen LogP contribution is 2.24. The molecule has 22 heavy (non-hydrogen) atoms. The number of H-pyrrole nitrogens is 1. The molecule has 3 aromatic rings. The van der Waals surface area contributed by atoms with Crippen LogP contribution >= 0.6 is 15.9 Å². The fourth-order valence-corrected chi connectivity index (χ4v) is 3.06. The maximum absolute atomic E-state index is 12.4. The Morgan fingerprint density at radius 2 is 2.27 bits per heavy atom. The van der Waals surface area contributed by atoms with E-state index in [-0.39, 0.29) is 5.91 Å². The van der Waals surface area contributed by atoms with Crippen LogP contribution in [0.15, 0.2) is 35.1 Å². The molecule has 0 bridgehead atoms. The summed E-state index contributed by atoms with van der Waals surface area (Å²) in [5.74, 6) is -0.0318. The van der Waals surface area contributed by atoms with Gasteiger partial charge >= 0.3 is 0 Å². The summed E-state index contributed by atoms with van der Waals surface area (Å²) >= 11 is 3.42. The van der Waals surface area contributed by atoms with Gasteiger partial charge in [-0.3, -0.25) is 9.89 Å². The van der Waals surface area contributed by atoms with Crippen molar-refractivity contribution in [1.29, 1.82) is 0 Å². The smallest absolute Gasteiger partial charge is 0.272 e. The number of amides is 1. The number of fused-ring (bicyclic) bond motifs is 2. The number of pyridine rings is 2. The summed E-state index contributed by atoms with van der Waals surface area (Å²) in [4.78, 5) is 23.2. The van der Waals surface area contributed by atoms with Gasteiger partial charge < -0.3 is 4.90 Å². The van der Waals surface area contributed by atoms with Gasteiger partial charge in [0.15, 0.2) is 5.65 Å². The molecule has 6 nitrogen and oxygen atoms in total. The molecule has 0 unspecified atom stereocenters. The molecule has 0 saturated carbocycles. The third-order valence-corrected chi connectivity index (χ3v) is 4.23. The first kappa shape index (κ1) is 13.4. The monoisotopic (exact) mass is 357 g/mol. The summed E-state index contributed by atoms with van der Waals surface area (Å²) in [5.41, 5.74) is 3.36. The van der Waals surface area contributed by atoms with Gasteiger partial charge in [-0.25, -0.2) is 9.97 Å². The van der Waals surface area contributed by atoms with E-state index in [2.05, 4.69) is 42.2 Å². The maximum Gasteiger partial charge on any atom is 0.272 e. The van der Waals surface area contributed by atoms with Gasteiger partial charge in [0.05, 0.1) is 0 Å². The SMILES string of the molecule is O=C(c1ccn[nH]1)N1CCc2nc3ncc(Br)cc3cc2C1. The molecular formula is C15H12BrN5O. The number of nitrogens with one attached hydrogen (secondary N) is 1. The second-order valence-corrected chi connectivity index (χ2v) is 6.16. The van der Waals surface area contributed by atoms with Crippen molar-refractivity contribution in [1.82, 2.24) is 25.1 Å². The minimum atomic E-state index is -0.0318. The van der Waals surface area contributed by atoms with E-state index in [9.17, 15) is 4.79 Å². The van der Waals surface area contributed by atoms with Gasteiger partial charge in [0.1, 0.15) is 5.69 Å². The fourth-order valence-electron chi connectivity index (χ4n) is 2.72. The Labute approximate surface area is 134 Å². The largest absolute Gasteiger partial charge is 0.333 e. The zero-order chi connectivity index (χ0) is 15.1. The zero-order valence-electron chi connectivity index (χ0n) is 11.6. The number of nitrogens with zero attached hydrogens (tertiary/aromatic N) is 4. The minimum absolute atomic E-state index is 0.0318. The quantitative estimate of drug-likeness (QED) is 0.725. The first-order valence-electron chi connectivity index (χ1n) is 6.93. The third-order valence-electron chi connectivity index (χ3n) is 3.80. The van der Waals surface area contributed by atoms with Gasteiger partial charge in [-0.1, -0.05) is 0 Å². The molecule has 0 radical (unpaired) electrons. The van der Waals surface area contributed by atoms with Crippen molar-refractivity contribution in [3.05, 3.63) is 52.0 Å². The van der Waals surface area contributed by atoms with Gasteiger partial charge in [0.2, 0.25) is 0 Å². The van der Waals surface area contributed by atoms with E-state index in [1.807, 2.05) is 11.0 Å². The van der Waals surface area contributed by atoms with Crippen molar-refractivity contribution in [3.63, 3.8) is 0 Å². The van der Waals surface area contributed by atoms with Crippen LogP contribution in [0.5, 0.6) is 0 Å². The molecule has 1 N–H and O–H groups in total. The number of halogens is 1. The molecular weight excluding hydrogens is 346 g/mol. The van der Waals surface area contributed by atoms with E-state index >= 15 is 0 Å². The van der Waals surface area contributed by atoms with Crippen molar-refractivity contribution in [2.45, 2.75) is 13.0 Å². The fraction of sp³-hybridized carbons (Fsp3) is 0.200. The van der Waals surface area contributed by atoms with Crippen LogP contribution < -0.4 is 0 Å². The number of aromatic amines is 1. The van der Waals surface area contributed by atoms with Gasteiger partial charge in [0.25, 0.3) is 5.91 Å². The van der Waals surface area contributed by atoms with Gasteiger partial charge in [-0.2, -0.15) is 5.10 Å². The molecule has 7 heteroatoms. The average Bonchev–Trinajstić information content (AvgIpc) is 3.06. The lowest BCUT2D eigenvalue weighted by atomic mass is 10.0. The van der Waals surface area contributed by atoms with Gasteiger partial charge in [-0.05, 0) is 39.7 Å². The Balaban J connectivity index is 1.69. The Kier molecular flexibility index (Phi) is 3.15. The lowest BCUT2D eigenvalue weighted by Crippen LogP contribution is -2.36. The minimum Gasteiger partial charge on any atom is -0.333 e. The molecule has 0 saturated heterocycles. The van der Waals surface area contributed by atoms with Crippen LogP contribution in [0.25, 0.3) is 11.0 Å². The predicted molar refractivity (Wildman–Crippen MR) is 84.3 cm³/mol.